The van der Waals surface area contributed by atoms with Crippen molar-refractivity contribution in [2.75, 3.05) is 0 Å². The number of rotatable bonds is 23. The average Bonchev–Trinajstić information content (AvgIpc) is 0.853. The van der Waals surface area contributed by atoms with E-state index in [1.807, 2.05) is 49.1 Å². The zero-order valence-corrected chi connectivity index (χ0v) is 69.3. The Labute approximate surface area is 654 Å². The Bertz CT molecular complexity index is 4270. The fourth-order valence-corrected chi connectivity index (χ4v) is 11.6. The third kappa shape index (κ3) is 26.1. The molecule has 4 heterocycles. The molecule has 12 rings (SSSR count). The molecule has 12 aromatic rings. The van der Waals surface area contributed by atoms with E-state index in [1.54, 1.807) is 0 Å². The Morgan fingerprint density at radius 3 is 1.13 bits per heavy atom. The number of unbranched alkanes of at least 4 members (excludes halogenated alkanes) is 7. The molecule has 0 fully saturated rings. The Morgan fingerprint density at radius 1 is 0.310 bits per heavy atom. The molecule has 524 valence electrons. The first kappa shape index (κ1) is 83.6. The van der Waals surface area contributed by atoms with Crippen LogP contribution in [0.1, 0.15) is 156 Å². The fourth-order valence-electron chi connectivity index (χ4n) is 11.6. The number of nitrogens with zero attached hydrogens (tertiary/aromatic N) is 4. The van der Waals surface area contributed by atoms with Crippen LogP contribution in [-0.4, -0.2) is 19.9 Å². The summed E-state index contributed by atoms with van der Waals surface area (Å²) in [7, 11) is 0. The summed E-state index contributed by atoms with van der Waals surface area (Å²) in [5, 5.41) is 0. The molecular formula is C92H96Ir4N4-4. The van der Waals surface area contributed by atoms with Crippen molar-refractivity contribution in [3.63, 3.8) is 0 Å². The molecule has 0 aliphatic rings. The first-order valence-electron chi connectivity index (χ1n) is 35.1. The van der Waals surface area contributed by atoms with E-state index in [0.29, 0.717) is 5.92 Å². The van der Waals surface area contributed by atoms with Gasteiger partial charge in [-0.1, -0.05) is 236 Å². The maximum Gasteiger partial charge on any atom is 0.0192 e. The van der Waals surface area contributed by atoms with Crippen LogP contribution in [0.4, 0.5) is 0 Å². The summed E-state index contributed by atoms with van der Waals surface area (Å²) < 4.78 is 0. The predicted molar refractivity (Wildman–Crippen MR) is 408 cm³/mol. The molecule has 100 heavy (non-hydrogen) atoms. The van der Waals surface area contributed by atoms with Crippen molar-refractivity contribution < 1.29 is 80.4 Å². The van der Waals surface area contributed by atoms with Gasteiger partial charge in [-0.15, -0.1) is 142 Å². The zero-order valence-electron chi connectivity index (χ0n) is 59.7. The Hall–Kier alpha value is -7.04. The third-order valence-electron chi connectivity index (χ3n) is 17.7. The van der Waals surface area contributed by atoms with Crippen molar-refractivity contribution in [3.05, 3.63) is 312 Å². The van der Waals surface area contributed by atoms with Crippen LogP contribution in [0.25, 0.3) is 89.5 Å². The minimum Gasteiger partial charge on any atom is -0.304 e. The van der Waals surface area contributed by atoms with Gasteiger partial charge in [-0.3, -0.25) is 0 Å². The van der Waals surface area contributed by atoms with Gasteiger partial charge in [0, 0.05) is 105 Å². The van der Waals surface area contributed by atoms with Gasteiger partial charge in [0.25, 0.3) is 0 Å². The SMILES string of the molecule is CCC(C)c1ccc(-c2cc[c-]c(-c3ccc(C)cn3)c2)cc1.CCCCCCc1ccc(-c2[c-]ccc(-c3ccc(C)cc3)c2)nc1.CCCCCCc1ccc(-c2[c-]ccc(-c3cccc(C)c3)c2)nc1.CCCCc1ccccc1-c1cc[c-]c(-c2ccc(C)cn2)c1.[Ir].[Ir].[Ir].[Ir]. The molecule has 0 bridgehead atoms. The van der Waals surface area contributed by atoms with Crippen molar-refractivity contribution in [1.82, 2.24) is 19.9 Å². The van der Waals surface area contributed by atoms with E-state index < -0.39 is 0 Å². The van der Waals surface area contributed by atoms with Gasteiger partial charge in [-0.05, 0) is 157 Å². The molecule has 1 unspecified atom stereocenters. The number of aryl methyl sites for hydroxylation is 7. The van der Waals surface area contributed by atoms with Gasteiger partial charge in [-0.25, -0.2) is 0 Å². The van der Waals surface area contributed by atoms with Crippen molar-refractivity contribution in [2.45, 2.75) is 158 Å². The molecule has 0 aliphatic heterocycles. The largest absolute Gasteiger partial charge is 0.304 e. The zero-order chi connectivity index (χ0) is 67.3. The molecule has 4 radical (unpaired) electrons. The molecule has 0 saturated heterocycles. The maximum atomic E-state index is 4.67. The molecule has 0 spiro atoms. The van der Waals surface area contributed by atoms with Gasteiger partial charge in [0.2, 0.25) is 0 Å². The number of benzene rings is 8. The summed E-state index contributed by atoms with van der Waals surface area (Å²) in [5.74, 6) is 0.612. The number of hydrogen-bond donors (Lipinski definition) is 0. The van der Waals surface area contributed by atoms with Crippen molar-refractivity contribution in [1.29, 1.82) is 0 Å². The standard InChI is InChI=1S/2C24H26N.2C22H22N.4Ir/c1-3-4-5-6-10-20-14-15-24(25-18-20)23-13-8-12-22(17-23)21-11-7-9-19(2)16-21;1-3-4-5-6-8-20-13-16-24(25-18-20)23-10-7-9-22(17-23)21-14-11-19(2)12-15-21;1-4-17(3)18-9-11-19(12-10-18)20-6-5-7-21(14-20)22-13-8-16(2)15-23-22;1-3-4-8-18-9-5-6-12-21(18)19-10-7-11-20(15-19)22-14-13-17(2)16-23-22;;;;/h7-9,11-12,14-18H,3-6,10H2,1-2H3;7,9,11-18H,3-6,8H2,1-2H3;5-6,8-15,17H,4H2,1-3H3;5-7,9-10,12-16H,3-4,8H2,1-2H3;;;;/q4*-1;;;;. The van der Waals surface area contributed by atoms with E-state index in [0.717, 1.165) is 64.3 Å². The number of pyridine rings is 4. The number of aromatic nitrogens is 4. The molecule has 0 amide bonds. The molecule has 4 aromatic heterocycles. The first-order valence-corrected chi connectivity index (χ1v) is 35.1. The second-order valence-electron chi connectivity index (χ2n) is 25.6. The first-order chi connectivity index (χ1) is 47.0. The Kier molecular flexibility index (Phi) is 37.7. The quantitative estimate of drug-likeness (QED) is 0.0473. The van der Waals surface area contributed by atoms with Crippen molar-refractivity contribution in [3.8, 4) is 89.5 Å². The van der Waals surface area contributed by atoms with Gasteiger partial charge in [0.15, 0.2) is 0 Å². The topological polar surface area (TPSA) is 51.6 Å². The van der Waals surface area contributed by atoms with Crippen LogP contribution in [0, 0.1) is 52.0 Å². The normalized spacial score (nSPS) is 10.7. The second kappa shape index (κ2) is 45.0. The molecular weight excluding hydrogens is 1930 g/mol. The molecule has 8 heteroatoms. The van der Waals surface area contributed by atoms with E-state index in [9.17, 15) is 0 Å². The van der Waals surface area contributed by atoms with Gasteiger partial charge < -0.3 is 19.9 Å². The summed E-state index contributed by atoms with van der Waals surface area (Å²) in [5.41, 5.74) is 28.4. The van der Waals surface area contributed by atoms with E-state index in [4.69, 9.17) is 0 Å². The summed E-state index contributed by atoms with van der Waals surface area (Å²) in [6.45, 7) is 19.6. The number of hydrogen-bond acceptors (Lipinski definition) is 4. The van der Waals surface area contributed by atoms with Gasteiger partial charge >= 0.3 is 0 Å². The Morgan fingerprint density at radius 2 is 0.710 bits per heavy atom. The van der Waals surface area contributed by atoms with Crippen molar-refractivity contribution >= 4 is 0 Å². The van der Waals surface area contributed by atoms with Crippen LogP contribution in [0.2, 0.25) is 0 Å². The molecule has 4 nitrogen and oxygen atoms in total. The summed E-state index contributed by atoms with van der Waals surface area (Å²) in [4.78, 5) is 18.4. The molecule has 0 N–H and O–H groups in total. The van der Waals surface area contributed by atoms with Crippen LogP contribution in [0.3, 0.4) is 0 Å². The van der Waals surface area contributed by atoms with E-state index in [2.05, 4.69) is 301 Å². The predicted octanol–water partition coefficient (Wildman–Crippen LogP) is 25.2. The fraction of sp³-hybridized carbons (Fsp3) is 0.261. The van der Waals surface area contributed by atoms with E-state index in [-0.39, 0.29) is 80.4 Å². The summed E-state index contributed by atoms with van der Waals surface area (Å²) >= 11 is 0. The molecule has 0 saturated carbocycles. The smallest absolute Gasteiger partial charge is 0.0192 e. The molecule has 8 aromatic carbocycles. The third-order valence-corrected chi connectivity index (χ3v) is 17.7. The van der Waals surface area contributed by atoms with Gasteiger partial charge in [0.1, 0.15) is 0 Å². The second-order valence-corrected chi connectivity index (χ2v) is 25.6. The Balaban J connectivity index is 0.000000237. The molecule has 1 atom stereocenters. The van der Waals surface area contributed by atoms with Crippen LogP contribution < -0.4 is 0 Å². The van der Waals surface area contributed by atoms with Crippen molar-refractivity contribution in [2.24, 2.45) is 0 Å². The van der Waals surface area contributed by atoms with Crippen LogP contribution in [-0.2, 0) is 99.7 Å². The molecule has 0 aliphatic carbocycles. The van der Waals surface area contributed by atoms with Gasteiger partial charge in [0.05, 0.1) is 0 Å². The summed E-state index contributed by atoms with van der Waals surface area (Å²) in [6, 6.07) is 90.2. The van der Waals surface area contributed by atoms with Crippen LogP contribution in [0.15, 0.2) is 243 Å². The van der Waals surface area contributed by atoms with E-state index >= 15 is 0 Å². The monoisotopic (exact) mass is 2030 g/mol. The average molecular weight is 2030 g/mol. The minimum absolute atomic E-state index is 0. The van der Waals surface area contributed by atoms with Gasteiger partial charge in [-0.2, -0.15) is 0 Å². The summed E-state index contributed by atoms with van der Waals surface area (Å²) in [6.07, 6.45) is 25.2. The van der Waals surface area contributed by atoms with Crippen LogP contribution >= 0.6 is 0 Å². The van der Waals surface area contributed by atoms with E-state index in [1.165, 1.54) is 160 Å². The maximum absolute atomic E-state index is 4.67. The van der Waals surface area contributed by atoms with Crippen LogP contribution in [0.5, 0.6) is 0 Å². The minimum atomic E-state index is 0.